The fraction of sp³-hybridized carbons (Fsp3) is 0.385. The molecule has 0 spiro atoms. The van der Waals surface area contributed by atoms with E-state index in [1.165, 1.54) is 0 Å². The third-order valence-electron chi connectivity index (χ3n) is 2.46. The van der Waals surface area contributed by atoms with Crippen LogP contribution in [-0.2, 0) is 4.74 Å². The van der Waals surface area contributed by atoms with Gasteiger partial charge < -0.3 is 9.64 Å². The molecule has 0 atom stereocenters. The summed E-state index contributed by atoms with van der Waals surface area (Å²) in [5, 5.41) is 8.65. The summed E-state index contributed by atoms with van der Waals surface area (Å²) in [6.45, 7) is 1.33. The predicted octanol–water partition coefficient (Wildman–Crippen LogP) is 3.21. The predicted molar refractivity (Wildman–Crippen MR) is 79.9 cm³/mol. The van der Waals surface area contributed by atoms with Crippen LogP contribution in [0.25, 0.3) is 0 Å². The van der Waals surface area contributed by atoms with Crippen LogP contribution in [0, 0.1) is 11.3 Å². The fourth-order valence-corrected chi connectivity index (χ4v) is 2.85. The molecule has 0 fully saturated rings. The Balaban J connectivity index is 2.87. The number of benzene rings is 1. The first-order valence-electron chi connectivity index (χ1n) is 5.69. The summed E-state index contributed by atoms with van der Waals surface area (Å²) in [5.74, 6) is -0.102. The molecule has 6 heteroatoms. The zero-order chi connectivity index (χ0) is 14.3. The number of carbonyl (C=O) groups is 1. The number of ether oxygens (including phenoxy) is 1. The van der Waals surface area contributed by atoms with Gasteiger partial charge in [0.1, 0.15) is 0 Å². The van der Waals surface area contributed by atoms with Gasteiger partial charge >= 0.3 is 0 Å². The average molecular weight is 390 g/mol. The zero-order valence-corrected chi connectivity index (χ0v) is 13.7. The summed E-state index contributed by atoms with van der Waals surface area (Å²) >= 11 is 6.72. The highest BCUT2D eigenvalue weighted by Crippen LogP contribution is 2.21. The van der Waals surface area contributed by atoms with Gasteiger partial charge in [0.25, 0.3) is 5.91 Å². The van der Waals surface area contributed by atoms with E-state index in [0.29, 0.717) is 31.7 Å². The Kier molecular flexibility index (Phi) is 7.06. The van der Waals surface area contributed by atoms with Crippen LogP contribution >= 0.6 is 31.9 Å². The number of amides is 1. The van der Waals surface area contributed by atoms with Gasteiger partial charge in [0.15, 0.2) is 0 Å². The Labute approximate surface area is 129 Å². The highest BCUT2D eigenvalue weighted by Gasteiger charge is 2.16. The van der Waals surface area contributed by atoms with Crippen molar-refractivity contribution in [3.05, 3.63) is 32.7 Å². The van der Waals surface area contributed by atoms with Gasteiger partial charge in [0, 0.05) is 34.7 Å². The van der Waals surface area contributed by atoms with E-state index in [-0.39, 0.29) is 5.91 Å². The molecule has 1 aromatic carbocycles. The Morgan fingerprint density at radius 3 is 2.47 bits per heavy atom. The molecule has 0 N–H and O–H groups in total. The van der Waals surface area contributed by atoms with Gasteiger partial charge in [-0.05, 0) is 18.2 Å². The molecule has 0 bridgehead atoms. The maximum absolute atomic E-state index is 12.4. The molecule has 19 heavy (non-hydrogen) atoms. The highest BCUT2D eigenvalue weighted by atomic mass is 79.9. The molecule has 0 aliphatic heterocycles. The Hall–Kier alpha value is -0.900. The quantitative estimate of drug-likeness (QED) is 0.750. The van der Waals surface area contributed by atoms with Crippen LogP contribution in [0.4, 0.5) is 0 Å². The van der Waals surface area contributed by atoms with E-state index in [1.807, 2.05) is 6.07 Å². The van der Waals surface area contributed by atoms with E-state index < -0.39 is 0 Å². The van der Waals surface area contributed by atoms with Gasteiger partial charge in [-0.25, -0.2) is 0 Å². The van der Waals surface area contributed by atoms with Crippen molar-refractivity contribution in [2.45, 2.75) is 6.42 Å². The first-order valence-corrected chi connectivity index (χ1v) is 7.28. The van der Waals surface area contributed by atoms with Crippen molar-refractivity contribution in [3.63, 3.8) is 0 Å². The molecular weight excluding hydrogens is 376 g/mol. The van der Waals surface area contributed by atoms with Gasteiger partial charge in [-0.15, -0.1) is 0 Å². The summed E-state index contributed by atoms with van der Waals surface area (Å²) < 4.78 is 6.65. The van der Waals surface area contributed by atoms with Gasteiger partial charge in [-0.3, -0.25) is 4.79 Å². The lowest BCUT2D eigenvalue weighted by molar-refractivity contribution is 0.0699. The summed E-state index contributed by atoms with van der Waals surface area (Å²) in [6, 6.07) is 7.44. The van der Waals surface area contributed by atoms with Crippen LogP contribution in [0.1, 0.15) is 16.8 Å². The van der Waals surface area contributed by atoms with Gasteiger partial charge in [0.05, 0.1) is 19.1 Å². The van der Waals surface area contributed by atoms with Crippen molar-refractivity contribution < 1.29 is 9.53 Å². The Morgan fingerprint density at radius 1 is 1.32 bits per heavy atom. The molecule has 0 heterocycles. The molecular formula is C13H14Br2N2O2. The molecule has 1 amide bonds. The average Bonchev–Trinajstić information content (AvgIpc) is 2.37. The van der Waals surface area contributed by atoms with Crippen molar-refractivity contribution in [2.24, 2.45) is 0 Å². The molecule has 1 rings (SSSR count). The molecule has 0 radical (unpaired) electrons. The van der Waals surface area contributed by atoms with Crippen LogP contribution in [0.5, 0.6) is 0 Å². The lowest BCUT2D eigenvalue weighted by atomic mass is 10.2. The Morgan fingerprint density at radius 2 is 1.95 bits per heavy atom. The largest absolute Gasteiger partial charge is 0.383 e. The van der Waals surface area contributed by atoms with E-state index in [1.54, 1.807) is 24.1 Å². The number of halogens is 2. The third-order valence-corrected chi connectivity index (χ3v) is 3.37. The topological polar surface area (TPSA) is 53.3 Å². The van der Waals surface area contributed by atoms with E-state index in [4.69, 9.17) is 10.00 Å². The van der Waals surface area contributed by atoms with Crippen LogP contribution in [0.15, 0.2) is 27.1 Å². The van der Waals surface area contributed by atoms with E-state index in [9.17, 15) is 4.79 Å². The first kappa shape index (κ1) is 16.2. The number of hydrogen-bond donors (Lipinski definition) is 0. The second-order valence-electron chi connectivity index (χ2n) is 3.85. The zero-order valence-electron chi connectivity index (χ0n) is 10.5. The van der Waals surface area contributed by atoms with E-state index >= 15 is 0 Å². The highest BCUT2D eigenvalue weighted by molar-refractivity contribution is 9.11. The van der Waals surface area contributed by atoms with Crippen molar-refractivity contribution in [1.29, 1.82) is 5.26 Å². The van der Waals surface area contributed by atoms with Gasteiger partial charge in [0.2, 0.25) is 0 Å². The minimum atomic E-state index is -0.102. The Bertz CT molecular complexity index is 466. The molecule has 0 aromatic heterocycles. The van der Waals surface area contributed by atoms with Crippen LogP contribution < -0.4 is 0 Å². The molecule has 0 aliphatic rings. The molecule has 4 nitrogen and oxygen atoms in total. The molecule has 0 unspecified atom stereocenters. The maximum Gasteiger partial charge on any atom is 0.254 e. The second-order valence-corrected chi connectivity index (χ2v) is 5.68. The van der Waals surface area contributed by atoms with Crippen molar-refractivity contribution in [2.75, 3.05) is 26.8 Å². The van der Waals surface area contributed by atoms with Crippen LogP contribution in [0.2, 0.25) is 0 Å². The number of hydrogen-bond acceptors (Lipinski definition) is 3. The molecule has 0 aliphatic carbocycles. The number of methoxy groups -OCH3 is 1. The SMILES string of the molecule is COCCN(CCC#N)C(=O)c1cc(Br)cc(Br)c1. The summed E-state index contributed by atoms with van der Waals surface area (Å²) in [5.41, 5.74) is 0.579. The summed E-state index contributed by atoms with van der Waals surface area (Å²) in [6.07, 6.45) is 0.310. The van der Waals surface area contributed by atoms with Crippen LogP contribution in [0.3, 0.4) is 0 Å². The normalized spacial score (nSPS) is 10.0. The minimum absolute atomic E-state index is 0.102. The van der Waals surface area contributed by atoms with E-state index in [0.717, 1.165) is 8.95 Å². The van der Waals surface area contributed by atoms with Gasteiger partial charge in [-0.1, -0.05) is 31.9 Å². The number of carbonyl (C=O) groups excluding carboxylic acids is 1. The lowest BCUT2D eigenvalue weighted by Gasteiger charge is -2.21. The first-order chi connectivity index (χ1) is 9.08. The number of nitrogens with zero attached hydrogens (tertiary/aromatic N) is 2. The van der Waals surface area contributed by atoms with Crippen LogP contribution in [-0.4, -0.2) is 37.6 Å². The molecule has 1 aromatic rings. The molecule has 102 valence electrons. The summed E-state index contributed by atoms with van der Waals surface area (Å²) in [4.78, 5) is 14.0. The second kappa shape index (κ2) is 8.31. The molecule has 0 saturated heterocycles. The van der Waals surface area contributed by atoms with Crippen molar-refractivity contribution in [3.8, 4) is 6.07 Å². The van der Waals surface area contributed by atoms with Crippen molar-refractivity contribution in [1.82, 2.24) is 4.90 Å². The number of rotatable bonds is 6. The molecule has 0 saturated carbocycles. The maximum atomic E-state index is 12.4. The van der Waals surface area contributed by atoms with Crippen molar-refractivity contribution >= 4 is 37.8 Å². The third kappa shape index (κ3) is 5.31. The fourth-order valence-electron chi connectivity index (χ4n) is 1.56. The van der Waals surface area contributed by atoms with E-state index in [2.05, 4.69) is 37.9 Å². The number of nitriles is 1. The monoisotopic (exact) mass is 388 g/mol. The lowest BCUT2D eigenvalue weighted by Crippen LogP contribution is -2.34. The minimum Gasteiger partial charge on any atom is -0.383 e. The standard InChI is InChI=1S/C13H14Br2N2O2/c1-19-6-5-17(4-2-3-16)13(18)10-7-11(14)9-12(15)8-10/h7-9H,2,4-6H2,1H3. The summed E-state index contributed by atoms with van der Waals surface area (Å²) in [7, 11) is 1.59. The van der Waals surface area contributed by atoms with Gasteiger partial charge in [-0.2, -0.15) is 5.26 Å². The smallest absolute Gasteiger partial charge is 0.254 e.